The van der Waals surface area contributed by atoms with E-state index in [0.717, 1.165) is 11.3 Å². The molecule has 4 aromatic rings. The second kappa shape index (κ2) is 8.25. The van der Waals surface area contributed by atoms with Crippen LogP contribution in [0.1, 0.15) is 23.4 Å². The van der Waals surface area contributed by atoms with E-state index < -0.39 is 6.43 Å². The summed E-state index contributed by atoms with van der Waals surface area (Å²) in [5.41, 5.74) is 2.57. The number of carbonyl (C=O) groups excluding carboxylic acids is 1. The molecule has 0 saturated carbocycles. The number of benzene rings is 1. The third-order valence-corrected chi connectivity index (χ3v) is 5.24. The maximum atomic E-state index is 13.9. The number of hydrogen-bond acceptors (Lipinski definition) is 4. The highest BCUT2D eigenvalue weighted by Crippen LogP contribution is 2.33. The minimum atomic E-state index is -2.69. The number of rotatable bonds is 6. The van der Waals surface area contributed by atoms with Crippen molar-refractivity contribution >= 4 is 16.9 Å². The van der Waals surface area contributed by atoms with Crippen LogP contribution in [0.25, 0.3) is 22.3 Å². The van der Waals surface area contributed by atoms with Crippen LogP contribution in [0.3, 0.4) is 0 Å². The summed E-state index contributed by atoms with van der Waals surface area (Å²) in [5, 5.41) is 8.75. The van der Waals surface area contributed by atoms with Gasteiger partial charge in [-0.2, -0.15) is 10.2 Å². The average molecular weight is 424 g/mol. The number of alkyl halides is 2. The summed E-state index contributed by atoms with van der Waals surface area (Å²) in [6.07, 6.45) is -1.02. The standard InChI is InChI=1S/C22H22F2N6O/c1-14-20-17(21(23)24)11-18(15-7-5-4-6-8-15)26-22(20)30(27-14)13-19(31)28(2)12-16-9-10-25-29(16)3/h4-11,21H,12-13H2,1-3H3. The van der Waals surface area contributed by atoms with Crippen molar-refractivity contribution in [3.05, 3.63) is 65.6 Å². The van der Waals surface area contributed by atoms with Crippen LogP contribution in [-0.4, -0.2) is 42.4 Å². The van der Waals surface area contributed by atoms with Crippen molar-refractivity contribution in [3.63, 3.8) is 0 Å². The number of amides is 1. The molecule has 3 heterocycles. The first kappa shape index (κ1) is 20.6. The summed E-state index contributed by atoms with van der Waals surface area (Å²) in [7, 11) is 3.49. The van der Waals surface area contributed by atoms with Gasteiger partial charge in [0.15, 0.2) is 5.65 Å². The molecule has 0 radical (unpaired) electrons. The van der Waals surface area contributed by atoms with E-state index in [1.807, 2.05) is 36.4 Å². The molecule has 0 aliphatic rings. The first-order chi connectivity index (χ1) is 14.8. The number of fused-ring (bicyclic) bond motifs is 1. The molecule has 0 N–H and O–H groups in total. The number of nitrogens with zero attached hydrogens (tertiary/aromatic N) is 6. The average Bonchev–Trinajstić information content (AvgIpc) is 3.30. The topological polar surface area (TPSA) is 68.8 Å². The molecule has 160 valence electrons. The molecule has 31 heavy (non-hydrogen) atoms. The summed E-state index contributed by atoms with van der Waals surface area (Å²) in [6.45, 7) is 1.92. The molecule has 1 amide bonds. The Labute approximate surface area is 177 Å². The third kappa shape index (κ3) is 4.03. The van der Waals surface area contributed by atoms with Gasteiger partial charge >= 0.3 is 0 Å². The lowest BCUT2D eigenvalue weighted by Crippen LogP contribution is -2.31. The first-order valence-electron chi connectivity index (χ1n) is 9.77. The second-order valence-corrected chi connectivity index (χ2v) is 7.40. The Balaban J connectivity index is 1.71. The van der Waals surface area contributed by atoms with Crippen LogP contribution in [0.15, 0.2) is 48.7 Å². The lowest BCUT2D eigenvalue weighted by Gasteiger charge is -2.17. The minimum absolute atomic E-state index is 0.105. The highest BCUT2D eigenvalue weighted by Gasteiger charge is 2.22. The van der Waals surface area contributed by atoms with Crippen LogP contribution >= 0.6 is 0 Å². The number of pyridine rings is 1. The summed E-state index contributed by atoms with van der Waals surface area (Å²) in [5.74, 6) is -0.212. The number of likely N-dealkylation sites (N-methyl/N-ethyl adjacent to an activating group) is 1. The van der Waals surface area contributed by atoms with Crippen molar-refractivity contribution in [2.75, 3.05) is 7.05 Å². The number of aromatic nitrogens is 5. The van der Waals surface area contributed by atoms with Crippen LogP contribution in [-0.2, 0) is 24.9 Å². The molecule has 4 rings (SSSR count). The van der Waals surface area contributed by atoms with Gasteiger partial charge in [-0.1, -0.05) is 30.3 Å². The maximum absolute atomic E-state index is 13.9. The fourth-order valence-electron chi connectivity index (χ4n) is 3.56. The second-order valence-electron chi connectivity index (χ2n) is 7.40. The van der Waals surface area contributed by atoms with Gasteiger partial charge in [-0.05, 0) is 19.1 Å². The molecule has 0 saturated heterocycles. The Hall–Kier alpha value is -3.62. The predicted octanol–water partition coefficient (Wildman–Crippen LogP) is 3.74. The van der Waals surface area contributed by atoms with Gasteiger partial charge in [-0.15, -0.1) is 0 Å². The zero-order chi connectivity index (χ0) is 22.1. The number of halogens is 2. The lowest BCUT2D eigenvalue weighted by molar-refractivity contribution is -0.131. The van der Waals surface area contributed by atoms with E-state index in [9.17, 15) is 13.6 Å². The Kier molecular flexibility index (Phi) is 5.50. The largest absolute Gasteiger partial charge is 0.338 e. The Morgan fingerprint density at radius 2 is 1.94 bits per heavy atom. The summed E-state index contributed by atoms with van der Waals surface area (Å²) in [6, 6.07) is 12.3. The SMILES string of the molecule is Cc1nn(CC(=O)N(C)Cc2ccnn2C)c2nc(-c3ccccc3)cc(C(F)F)c12. The summed E-state index contributed by atoms with van der Waals surface area (Å²) < 4.78 is 30.9. The van der Waals surface area contributed by atoms with E-state index in [1.54, 1.807) is 36.8 Å². The fraction of sp³-hybridized carbons (Fsp3) is 0.273. The van der Waals surface area contributed by atoms with E-state index in [-0.39, 0.29) is 29.0 Å². The lowest BCUT2D eigenvalue weighted by atomic mass is 10.1. The number of aryl methyl sites for hydroxylation is 2. The molecular weight excluding hydrogens is 402 g/mol. The smallest absolute Gasteiger partial charge is 0.264 e. The molecule has 1 aromatic carbocycles. The van der Waals surface area contributed by atoms with E-state index in [0.29, 0.717) is 17.9 Å². The van der Waals surface area contributed by atoms with E-state index in [4.69, 9.17) is 0 Å². The van der Waals surface area contributed by atoms with Gasteiger partial charge in [0.2, 0.25) is 5.91 Å². The van der Waals surface area contributed by atoms with Gasteiger partial charge in [-0.3, -0.25) is 9.48 Å². The highest BCUT2D eigenvalue weighted by molar-refractivity contribution is 5.87. The molecule has 7 nitrogen and oxygen atoms in total. The molecule has 0 unspecified atom stereocenters. The van der Waals surface area contributed by atoms with Crippen LogP contribution < -0.4 is 0 Å². The monoisotopic (exact) mass is 424 g/mol. The van der Waals surface area contributed by atoms with E-state index in [2.05, 4.69) is 15.2 Å². The van der Waals surface area contributed by atoms with Gasteiger partial charge in [0.05, 0.1) is 29.0 Å². The summed E-state index contributed by atoms with van der Waals surface area (Å²) >= 11 is 0. The quantitative estimate of drug-likeness (QED) is 0.473. The molecule has 9 heteroatoms. The van der Waals surface area contributed by atoms with E-state index >= 15 is 0 Å². The van der Waals surface area contributed by atoms with Crippen molar-refractivity contribution in [3.8, 4) is 11.3 Å². The molecule has 3 aromatic heterocycles. The van der Waals surface area contributed by atoms with Gasteiger partial charge < -0.3 is 4.90 Å². The minimum Gasteiger partial charge on any atom is -0.338 e. The van der Waals surface area contributed by atoms with Gasteiger partial charge in [0, 0.05) is 31.4 Å². The molecule has 0 spiro atoms. The maximum Gasteiger partial charge on any atom is 0.264 e. The normalized spacial score (nSPS) is 11.4. The molecule has 0 bridgehead atoms. The Morgan fingerprint density at radius 1 is 1.19 bits per heavy atom. The molecule has 0 aliphatic heterocycles. The van der Waals surface area contributed by atoms with Gasteiger partial charge in [0.25, 0.3) is 6.43 Å². The molecular formula is C22H22F2N6O. The predicted molar refractivity (Wildman–Crippen MR) is 112 cm³/mol. The van der Waals surface area contributed by atoms with Crippen LogP contribution in [0, 0.1) is 6.92 Å². The third-order valence-electron chi connectivity index (χ3n) is 5.24. The first-order valence-corrected chi connectivity index (χ1v) is 9.77. The molecule has 0 aliphatic carbocycles. The van der Waals surface area contributed by atoms with Crippen LogP contribution in [0.2, 0.25) is 0 Å². The molecule has 0 fully saturated rings. The van der Waals surface area contributed by atoms with Gasteiger partial charge in [-0.25, -0.2) is 18.4 Å². The number of hydrogen-bond donors (Lipinski definition) is 0. The Morgan fingerprint density at radius 3 is 2.58 bits per heavy atom. The highest BCUT2D eigenvalue weighted by atomic mass is 19.3. The van der Waals surface area contributed by atoms with Crippen molar-refractivity contribution in [2.24, 2.45) is 7.05 Å². The fourth-order valence-corrected chi connectivity index (χ4v) is 3.56. The zero-order valence-electron chi connectivity index (χ0n) is 17.5. The van der Waals surface area contributed by atoms with E-state index in [1.165, 1.54) is 10.7 Å². The van der Waals surface area contributed by atoms with Crippen molar-refractivity contribution in [2.45, 2.75) is 26.4 Å². The van der Waals surface area contributed by atoms with Crippen LogP contribution in [0.4, 0.5) is 8.78 Å². The molecule has 0 atom stereocenters. The number of carbonyl (C=O) groups is 1. The van der Waals surface area contributed by atoms with Gasteiger partial charge in [0.1, 0.15) is 6.54 Å². The van der Waals surface area contributed by atoms with Crippen molar-refractivity contribution in [1.82, 2.24) is 29.4 Å². The van der Waals surface area contributed by atoms with Crippen LogP contribution in [0.5, 0.6) is 0 Å². The summed E-state index contributed by atoms with van der Waals surface area (Å²) in [4.78, 5) is 19.0. The zero-order valence-corrected chi connectivity index (χ0v) is 17.5. The Bertz CT molecular complexity index is 1230. The van der Waals surface area contributed by atoms with Crippen molar-refractivity contribution in [1.29, 1.82) is 0 Å². The van der Waals surface area contributed by atoms with Crippen molar-refractivity contribution < 1.29 is 13.6 Å².